The summed E-state index contributed by atoms with van der Waals surface area (Å²) in [5.74, 6) is -1.12. The molecule has 5 heteroatoms. The van der Waals surface area contributed by atoms with Gasteiger partial charge < -0.3 is 10.4 Å². The minimum Gasteiger partial charge on any atom is -0.479 e. The number of carbonyl (C=O) groups excluding carboxylic acids is 1. The van der Waals surface area contributed by atoms with E-state index in [1.165, 1.54) is 6.07 Å². The molecule has 1 aromatic rings. The van der Waals surface area contributed by atoms with Gasteiger partial charge in [0.05, 0.1) is 0 Å². The Morgan fingerprint density at radius 1 is 1.60 bits per heavy atom. The molecular weight excluding hydrogens is 218 g/mol. The third-order valence-corrected chi connectivity index (χ3v) is 2.42. The van der Waals surface area contributed by atoms with Crippen molar-refractivity contribution in [1.82, 2.24) is 5.32 Å². The molecule has 0 saturated heterocycles. The number of aryl methyl sites for hydroxylation is 1. The molecule has 1 aromatic carbocycles. The SMILES string of the molecule is Cc1ccc(C(NC=O)C(=O)O)cc1Cl. The smallest absolute Gasteiger partial charge is 0.330 e. The quantitative estimate of drug-likeness (QED) is 0.767. The van der Waals surface area contributed by atoms with Crippen molar-refractivity contribution in [2.24, 2.45) is 0 Å². The van der Waals surface area contributed by atoms with Crippen LogP contribution in [0, 0.1) is 6.92 Å². The Balaban J connectivity index is 3.06. The summed E-state index contributed by atoms with van der Waals surface area (Å²) in [5.41, 5.74) is 1.31. The Labute approximate surface area is 91.9 Å². The van der Waals surface area contributed by atoms with Crippen LogP contribution in [-0.2, 0) is 9.59 Å². The summed E-state index contributed by atoms with van der Waals surface area (Å²) in [6, 6.07) is 3.81. The fourth-order valence-corrected chi connectivity index (χ4v) is 1.36. The molecule has 0 heterocycles. The van der Waals surface area contributed by atoms with Gasteiger partial charge in [-0.2, -0.15) is 0 Å². The van der Waals surface area contributed by atoms with Gasteiger partial charge in [-0.1, -0.05) is 23.7 Å². The number of carbonyl (C=O) groups is 2. The first kappa shape index (κ1) is 11.5. The molecule has 0 fully saturated rings. The number of carboxylic acid groups (broad SMARTS) is 1. The van der Waals surface area contributed by atoms with E-state index in [2.05, 4.69) is 5.32 Å². The number of halogens is 1. The van der Waals surface area contributed by atoms with Gasteiger partial charge in [-0.25, -0.2) is 4.79 Å². The third kappa shape index (κ3) is 2.70. The van der Waals surface area contributed by atoms with Crippen molar-refractivity contribution in [1.29, 1.82) is 0 Å². The van der Waals surface area contributed by atoms with E-state index in [1.807, 2.05) is 6.92 Å². The number of benzene rings is 1. The predicted molar refractivity (Wildman–Crippen MR) is 55.8 cm³/mol. The third-order valence-electron chi connectivity index (χ3n) is 2.01. The number of rotatable bonds is 4. The molecule has 4 nitrogen and oxygen atoms in total. The van der Waals surface area contributed by atoms with E-state index in [0.717, 1.165) is 5.56 Å². The lowest BCUT2D eigenvalue weighted by Gasteiger charge is -2.12. The van der Waals surface area contributed by atoms with E-state index in [1.54, 1.807) is 12.1 Å². The summed E-state index contributed by atoms with van der Waals surface area (Å²) in [7, 11) is 0. The van der Waals surface area contributed by atoms with Crippen molar-refractivity contribution < 1.29 is 14.7 Å². The number of amides is 1. The van der Waals surface area contributed by atoms with Gasteiger partial charge in [0, 0.05) is 5.02 Å². The van der Waals surface area contributed by atoms with E-state index in [-0.39, 0.29) is 0 Å². The number of nitrogens with one attached hydrogen (secondary N) is 1. The van der Waals surface area contributed by atoms with E-state index >= 15 is 0 Å². The summed E-state index contributed by atoms with van der Waals surface area (Å²) < 4.78 is 0. The molecular formula is C10H10ClNO3. The van der Waals surface area contributed by atoms with E-state index in [0.29, 0.717) is 17.0 Å². The zero-order chi connectivity index (χ0) is 11.4. The molecule has 0 bridgehead atoms. The number of hydrogen-bond acceptors (Lipinski definition) is 2. The van der Waals surface area contributed by atoms with Crippen LogP contribution in [0.2, 0.25) is 5.02 Å². The standard InChI is InChI=1S/C10H10ClNO3/c1-6-2-3-7(4-8(6)11)9(10(14)15)12-5-13/h2-5,9H,1H3,(H,12,13)(H,14,15). The normalized spacial score (nSPS) is 11.9. The molecule has 0 saturated carbocycles. The molecule has 0 aliphatic heterocycles. The summed E-state index contributed by atoms with van der Waals surface area (Å²) in [6.07, 6.45) is 0.354. The first-order valence-electron chi connectivity index (χ1n) is 4.25. The molecule has 80 valence electrons. The van der Waals surface area contributed by atoms with E-state index < -0.39 is 12.0 Å². The summed E-state index contributed by atoms with van der Waals surface area (Å²) in [6.45, 7) is 1.81. The van der Waals surface area contributed by atoms with Crippen LogP contribution in [0.25, 0.3) is 0 Å². The van der Waals surface area contributed by atoms with Crippen LogP contribution in [0.1, 0.15) is 17.2 Å². The molecule has 2 N–H and O–H groups in total. The molecule has 0 radical (unpaired) electrons. The fourth-order valence-electron chi connectivity index (χ4n) is 1.17. The number of hydrogen-bond donors (Lipinski definition) is 2. The molecule has 1 unspecified atom stereocenters. The van der Waals surface area contributed by atoms with Gasteiger partial charge in [0.1, 0.15) is 0 Å². The maximum absolute atomic E-state index is 10.8. The average molecular weight is 228 g/mol. The number of carboxylic acids is 1. The van der Waals surface area contributed by atoms with Crippen molar-refractivity contribution in [3.05, 3.63) is 34.3 Å². The minimum atomic E-state index is -1.12. The molecule has 0 spiro atoms. The molecule has 15 heavy (non-hydrogen) atoms. The lowest BCUT2D eigenvalue weighted by Crippen LogP contribution is -2.27. The predicted octanol–water partition coefficient (Wildman–Crippen LogP) is 1.52. The molecule has 1 rings (SSSR count). The second-order valence-electron chi connectivity index (χ2n) is 3.06. The van der Waals surface area contributed by atoms with Gasteiger partial charge >= 0.3 is 5.97 Å². The highest BCUT2D eigenvalue weighted by atomic mass is 35.5. The lowest BCUT2D eigenvalue weighted by molar-refractivity contribution is -0.140. The molecule has 1 amide bonds. The van der Waals surface area contributed by atoms with Crippen LogP contribution >= 0.6 is 11.6 Å². The zero-order valence-corrected chi connectivity index (χ0v) is 8.78. The van der Waals surface area contributed by atoms with Gasteiger partial charge in [0.2, 0.25) is 6.41 Å². The van der Waals surface area contributed by atoms with Crippen molar-refractivity contribution in [3.63, 3.8) is 0 Å². The summed E-state index contributed by atoms with van der Waals surface area (Å²) in [5, 5.41) is 11.5. The van der Waals surface area contributed by atoms with Gasteiger partial charge in [0.25, 0.3) is 0 Å². The first-order valence-corrected chi connectivity index (χ1v) is 4.62. The number of aliphatic carboxylic acids is 1. The Kier molecular flexibility index (Phi) is 3.68. The van der Waals surface area contributed by atoms with E-state index in [9.17, 15) is 9.59 Å². The van der Waals surface area contributed by atoms with Crippen molar-refractivity contribution in [2.75, 3.05) is 0 Å². The van der Waals surface area contributed by atoms with Crippen LogP contribution in [0.5, 0.6) is 0 Å². The monoisotopic (exact) mass is 227 g/mol. The highest BCUT2D eigenvalue weighted by Crippen LogP contribution is 2.21. The fraction of sp³-hybridized carbons (Fsp3) is 0.200. The highest BCUT2D eigenvalue weighted by molar-refractivity contribution is 6.31. The lowest BCUT2D eigenvalue weighted by atomic mass is 10.1. The molecule has 0 aromatic heterocycles. The van der Waals surface area contributed by atoms with Gasteiger partial charge in [-0.3, -0.25) is 4.79 Å². The Bertz CT molecular complexity index is 392. The molecule has 0 aliphatic carbocycles. The second kappa shape index (κ2) is 4.79. The Morgan fingerprint density at radius 2 is 2.27 bits per heavy atom. The van der Waals surface area contributed by atoms with Gasteiger partial charge in [-0.05, 0) is 24.1 Å². The maximum Gasteiger partial charge on any atom is 0.330 e. The molecule has 1 atom stereocenters. The minimum absolute atomic E-state index is 0.354. The molecule has 0 aliphatic rings. The average Bonchev–Trinajstić information content (AvgIpc) is 2.18. The van der Waals surface area contributed by atoms with Crippen LogP contribution in [0.15, 0.2) is 18.2 Å². The zero-order valence-electron chi connectivity index (χ0n) is 8.03. The first-order chi connectivity index (χ1) is 7.06. The Morgan fingerprint density at radius 3 is 2.73 bits per heavy atom. The van der Waals surface area contributed by atoms with Crippen molar-refractivity contribution in [2.45, 2.75) is 13.0 Å². The van der Waals surface area contributed by atoms with Crippen LogP contribution in [0.4, 0.5) is 0 Å². The topological polar surface area (TPSA) is 66.4 Å². The highest BCUT2D eigenvalue weighted by Gasteiger charge is 2.18. The summed E-state index contributed by atoms with van der Waals surface area (Å²) in [4.78, 5) is 21.1. The van der Waals surface area contributed by atoms with Crippen molar-refractivity contribution >= 4 is 24.0 Å². The van der Waals surface area contributed by atoms with Crippen LogP contribution < -0.4 is 5.32 Å². The van der Waals surface area contributed by atoms with Gasteiger partial charge in [-0.15, -0.1) is 0 Å². The van der Waals surface area contributed by atoms with Gasteiger partial charge in [0.15, 0.2) is 6.04 Å². The second-order valence-corrected chi connectivity index (χ2v) is 3.47. The Hall–Kier alpha value is -1.55. The maximum atomic E-state index is 10.8. The van der Waals surface area contributed by atoms with Crippen molar-refractivity contribution in [3.8, 4) is 0 Å². The van der Waals surface area contributed by atoms with Crippen LogP contribution in [-0.4, -0.2) is 17.5 Å². The summed E-state index contributed by atoms with van der Waals surface area (Å²) >= 11 is 5.85. The van der Waals surface area contributed by atoms with Crippen LogP contribution in [0.3, 0.4) is 0 Å². The van der Waals surface area contributed by atoms with E-state index in [4.69, 9.17) is 16.7 Å². The largest absolute Gasteiger partial charge is 0.479 e.